The van der Waals surface area contributed by atoms with E-state index in [2.05, 4.69) is 73.9 Å². The van der Waals surface area contributed by atoms with Crippen molar-refractivity contribution in [3.63, 3.8) is 0 Å². The molecule has 1 nitrogen and oxygen atoms in total. The first-order chi connectivity index (χ1) is 10.2. The van der Waals surface area contributed by atoms with Crippen molar-refractivity contribution in [2.45, 2.75) is 6.55 Å². The summed E-state index contributed by atoms with van der Waals surface area (Å²) < 4.78 is 6.37. The second kappa shape index (κ2) is 7.36. The van der Waals surface area contributed by atoms with Gasteiger partial charge in [0.15, 0.2) is 0 Å². The van der Waals surface area contributed by atoms with E-state index in [0.717, 1.165) is 6.23 Å². The van der Waals surface area contributed by atoms with Crippen molar-refractivity contribution < 1.29 is 4.43 Å². The second-order valence-electron chi connectivity index (χ2n) is 5.06. The van der Waals surface area contributed by atoms with Crippen LogP contribution >= 0.6 is 0 Å². The zero-order chi connectivity index (χ0) is 15.1. The molecule has 0 amide bonds. The van der Waals surface area contributed by atoms with E-state index in [1.54, 1.807) is 0 Å². The molecule has 0 saturated heterocycles. The minimum Gasteiger partial charge on any atom is -0.411 e. The van der Waals surface area contributed by atoms with Gasteiger partial charge in [0, 0.05) is 6.23 Å². The van der Waals surface area contributed by atoms with Crippen LogP contribution in [0.25, 0.3) is 0 Å². The zero-order valence-electron chi connectivity index (χ0n) is 12.5. The predicted octanol–water partition coefficient (Wildman–Crippen LogP) is 2.88. The molecule has 0 aliphatic carbocycles. The van der Waals surface area contributed by atoms with Gasteiger partial charge in [-0.05, 0) is 11.7 Å². The Morgan fingerprint density at radius 2 is 1.57 bits per heavy atom. The van der Waals surface area contributed by atoms with Crippen molar-refractivity contribution in [1.29, 1.82) is 0 Å². The Kier molecular flexibility index (Phi) is 5.50. The lowest BCUT2D eigenvalue weighted by Crippen LogP contribution is -2.49. The van der Waals surface area contributed by atoms with Gasteiger partial charge in [0.1, 0.15) is 8.80 Å². The molecule has 1 atom stereocenters. The first-order valence-corrected chi connectivity index (χ1v) is 11.3. The van der Waals surface area contributed by atoms with Crippen molar-refractivity contribution in [3.8, 4) is 0 Å². The summed E-state index contributed by atoms with van der Waals surface area (Å²) in [5, 5.41) is 2.60. The van der Waals surface area contributed by atoms with Crippen molar-refractivity contribution in [2.75, 3.05) is 6.23 Å². The fourth-order valence-corrected chi connectivity index (χ4v) is 6.51. The summed E-state index contributed by atoms with van der Waals surface area (Å²) in [5.74, 6) is 0. The van der Waals surface area contributed by atoms with E-state index < -0.39 is 17.1 Å². The second-order valence-corrected chi connectivity index (χ2v) is 10.9. The van der Waals surface area contributed by atoms with Gasteiger partial charge in [-0.3, -0.25) is 0 Å². The number of hydrogen-bond donors (Lipinski definition) is 0. The van der Waals surface area contributed by atoms with E-state index >= 15 is 0 Å². The number of rotatable bonds is 7. The maximum atomic E-state index is 6.37. The summed E-state index contributed by atoms with van der Waals surface area (Å²) >= 11 is 0. The van der Waals surface area contributed by atoms with E-state index in [1.807, 2.05) is 17.8 Å². The smallest absolute Gasteiger partial charge is 0.244 e. The number of benzene rings is 2. The molecule has 107 valence electrons. The van der Waals surface area contributed by atoms with E-state index in [0.29, 0.717) is 0 Å². The van der Waals surface area contributed by atoms with Gasteiger partial charge < -0.3 is 4.43 Å². The quantitative estimate of drug-likeness (QED) is 0.715. The van der Waals surface area contributed by atoms with Crippen LogP contribution in [0.1, 0.15) is 0 Å². The van der Waals surface area contributed by atoms with Crippen LogP contribution in [0.5, 0.6) is 0 Å². The van der Waals surface area contributed by atoms with Gasteiger partial charge in [0.25, 0.3) is 0 Å². The average Bonchev–Trinajstić information content (AvgIpc) is 2.57. The van der Waals surface area contributed by atoms with E-state index in [1.165, 1.54) is 10.4 Å². The largest absolute Gasteiger partial charge is 0.411 e. The molecule has 0 saturated carbocycles. The topological polar surface area (TPSA) is 9.23 Å². The van der Waals surface area contributed by atoms with Crippen molar-refractivity contribution in [2.24, 2.45) is 0 Å². The molecular weight excluding hydrogens is 288 g/mol. The van der Waals surface area contributed by atoms with Crippen molar-refractivity contribution in [3.05, 3.63) is 85.2 Å². The lowest BCUT2D eigenvalue weighted by atomic mass is 10.4. The highest BCUT2D eigenvalue weighted by molar-refractivity contribution is 6.90. The molecule has 0 spiro atoms. The molecule has 0 heterocycles. The lowest BCUT2D eigenvalue weighted by Gasteiger charge is -2.26. The van der Waals surface area contributed by atoms with E-state index in [4.69, 9.17) is 4.43 Å². The molecule has 3 heteroatoms. The minimum atomic E-state index is -2.07. The van der Waals surface area contributed by atoms with Crippen LogP contribution in [0.4, 0.5) is 0 Å². The molecule has 0 N–H and O–H groups in total. The molecule has 1 radical (unpaired) electrons. The first-order valence-electron chi connectivity index (χ1n) is 7.06. The summed E-state index contributed by atoms with van der Waals surface area (Å²) in [5.41, 5.74) is 4.07. The Morgan fingerprint density at radius 1 is 1.00 bits per heavy atom. The van der Waals surface area contributed by atoms with Gasteiger partial charge in [0.05, 0.1) is 0 Å². The highest BCUT2D eigenvalue weighted by Crippen LogP contribution is 2.08. The minimum absolute atomic E-state index is 0.738. The Hall–Kier alpha value is -1.69. The summed E-state index contributed by atoms with van der Waals surface area (Å²) in [6.07, 6.45) is 0.738. The monoisotopic (exact) mass is 309 g/mol. The van der Waals surface area contributed by atoms with Gasteiger partial charge in [-0.15, -0.1) is 13.2 Å². The molecule has 1 unspecified atom stereocenters. The molecule has 2 rings (SSSR count). The van der Waals surface area contributed by atoms with Crippen LogP contribution in [0.2, 0.25) is 6.55 Å². The summed E-state index contributed by atoms with van der Waals surface area (Å²) in [7, 11) is -2.95. The SMILES string of the molecule is C=C[Si](CO[Si](C)(C=C)c1ccccc1)c1ccccc1. The molecule has 2 aromatic rings. The van der Waals surface area contributed by atoms with Gasteiger partial charge in [-0.25, -0.2) is 0 Å². The molecule has 2 aromatic carbocycles. The van der Waals surface area contributed by atoms with Gasteiger partial charge in [0.2, 0.25) is 8.32 Å². The fraction of sp³-hybridized carbons (Fsp3) is 0.111. The van der Waals surface area contributed by atoms with Gasteiger partial charge in [-0.1, -0.05) is 77.2 Å². The van der Waals surface area contributed by atoms with Crippen LogP contribution in [0, 0.1) is 0 Å². The normalized spacial score (nSPS) is 13.6. The van der Waals surface area contributed by atoms with Gasteiger partial charge in [-0.2, -0.15) is 0 Å². The lowest BCUT2D eigenvalue weighted by molar-refractivity contribution is 0.388. The number of hydrogen-bond acceptors (Lipinski definition) is 1. The van der Waals surface area contributed by atoms with Crippen molar-refractivity contribution >= 4 is 27.5 Å². The standard InChI is InChI=1S/C18H21OSi2/c1-4-20(17-12-8-6-9-13-17)16-19-21(3,5-2)18-14-10-7-11-15-18/h4-15H,1-2,16H2,3H3. The molecule has 0 fully saturated rings. The highest BCUT2D eigenvalue weighted by atomic mass is 28.4. The van der Waals surface area contributed by atoms with Crippen LogP contribution in [0.3, 0.4) is 0 Å². The third kappa shape index (κ3) is 3.91. The third-order valence-corrected chi connectivity index (χ3v) is 8.97. The van der Waals surface area contributed by atoms with Crippen LogP contribution in [0.15, 0.2) is 85.2 Å². The molecule has 0 aromatic heterocycles. The Morgan fingerprint density at radius 3 is 2.10 bits per heavy atom. The van der Waals surface area contributed by atoms with Crippen LogP contribution in [-0.4, -0.2) is 23.3 Å². The average molecular weight is 310 g/mol. The van der Waals surface area contributed by atoms with E-state index in [9.17, 15) is 0 Å². The first kappa shape index (κ1) is 15.7. The molecule has 0 aliphatic rings. The Bertz CT molecular complexity index is 583. The highest BCUT2D eigenvalue weighted by Gasteiger charge is 2.29. The molecule has 0 bridgehead atoms. The fourth-order valence-electron chi connectivity index (χ4n) is 2.17. The molecular formula is C18H21OSi2. The van der Waals surface area contributed by atoms with Crippen LogP contribution < -0.4 is 10.4 Å². The summed E-state index contributed by atoms with van der Waals surface area (Å²) in [6.45, 7) is 10.2. The maximum Gasteiger partial charge on any atom is 0.244 e. The van der Waals surface area contributed by atoms with E-state index in [-0.39, 0.29) is 0 Å². The summed E-state index contributed by atoms with van der Waals surface area (Å²) in [4.78, 5) is 0. The van der Waals surface area contributed by atoms with Gasteiger partial charge >= 0.3 is 0 Å². The maximum absolute atomic E-state index is 6.37. The van der Waals surface area contributed by atoms with Crippen molar-refractivity contribution in [1.82, 2.24) is 0 Å². The molecule has 21 heavy (non-hydrogen) atoms. The molecule has 0 aliphatic heterocycles. The zero-order valence-corrected chi connectivity index (χ0v) is 14.5. The predicted molar refractivity (Wildman–Crippen MR) is 95.9 cm³/mol. The Labute approximate surface area is 130 Å². The summed E-state index contributed by atoms with van der Waals surface area (Å²) in [6, 6.07) is 20.9. The third-order valence-electron chi connectivity index (χ3n) is 3.65. The Balaban J connectivity index is 2.12. The van der Waals surface area contributed by atoms with Crippen LogP contribution in [-0.2, 0) is 4.43 Å².